The van der Waals surface area contributed by atoms with Crippen LogP contribution in [0.25, 0.3) is 0 Å². The highest BCUT2D eigenvalue weighted by Gasteiger charge is 2.34. The number of carbonyl (C=O) groups is 2. The Hall–Kier alpha value is -3.62. The number of halogens is 1. The van der Waals surface area contributed by atoms with Crippen LogP contribution in [-0.4, -0.2) is 46.0 Å². The fourth-order valence-electron chi connectivity index (χ4n) is 3.46. The fourth-order valence-corrected chi connectivity index (χ4v) is 3.46. The molecule has 0 radical (unpaired) electrons. The number of hydrazone groups is 1. The molecule has 31 heavy (non-hydrogen) atoms. The summed E-state index contributed by atoms with van der Waals surface area (Å²) in [5, 5.41) is 16.9. The van der Waals surface area contributed by atoms with Gasteiger partial charge in [-0.3, -0.25) is 19.7 Å². The fraction of sp³-hybridized carbons (Fsp3) is 0.318. The first-order chi connectivity index (χ1) is 14.7. The number of hydrogen-bond acceptors (Lipinski definition) is 5. The van der Waals surface area contributed by atoms with E-state index >= 15 is 0 Å². The first-order valence-electron chi connectivity index (χ1n) is 9.82. The molecule has 3 rings (SSSR count). The van der Waals surface area contributed by atoms with Crippen LogP contribution in [-0.2, 0) is 9.59 Å². The third-order valence-electron chi connectivity index (χ3n) is 5.05. The quantitative estimate of drug-likeness (QED) is 0.521. The van der Waals surface area contributed by atoms with Gasteiger partial charge in [0.25, 0.3) is 11.6 Å². The van der Waals surface area contributed by atoms with Crippen LogP contribution in [0.2, 0.25) is 0 Å². The van der Waals surface area contributed by atoms with Gasteiger partial charge in [-0.15, -0.1) is 0 Å². The summed E-state index contributed by atoms with van der Waals surface area (Å²) in [6, 6.07) is 11.2. The van der Waals surface area contributed by atoms with E-state index < -0.39 is 16.9 Å². The van der Waals surface area contributed by atoms with Gasteiger partial charge in [0.05, 0.1) is 16.7 Å². The summed E-state index contributed by atoms with van der Waals surface area (Å²) >= 11 is 0. The molecule has 1 aliphatic rings. The molecule has 0 aromatic heterocycles. The molecule has 2 aromatic rings. The van der Waals surface area contributed by atoms with Gasteiger partial charge in [-0.05, 0) is 23.3 Å². The number of amides is 2. The van der Waals surface area contributed by atoms with Crippen LogP contribution in [0.4, 0.5) is 10.1 Å². The van der Waals surface area contributed by atoms with Gasteiger partial charge in [0.15, 0.2) is 0 Å². The monoisotopic (exact) mass is 426 g/mol. The maximum Gasteiger partial charge on any atom is 0.269 e. The molecular formula is C22H23FN4O4. The molecular weight excluding hydrogens is 403 g/mol. The van der Waals surface area contributed by atoms with Crippen molar-refractivity contribution in [1.82, 2.24) is 9.91 Å². The molecule has 8 nitrogen and oxygen atoms in total. The number of rotatable bonds is 6. The van der Waals surface area contributed by atoms with E-state index in [1.165, 1.54) is 34.2 Å². The number of likely N-dealkylation sites (N-methyl/N-ethyl adjacent to an activating group) is 1. The Labute approximate surface area is 179 Å². The topological polar surface area (TPSA) is 96.1 Å². The third-order valence-corrected chi connectivity index (χ3v) is 5.05. The van der Waals surface area contributed by atoms with Gasteiger partial charge < -0.3 is 4.90 Å². The zero-order valence-electron chi connectivity index (χ0n) is 17.5. The van der Waals surface area contributed by atoms with Gasteiger partial charge in [-0.2, -0.15) is 5.10 Å². The van der Waals surface area contributed by atoms with E-state index in [2.05, 4.69) is 5.10 Å². The molecule has 0 fully saturated rings. The zero-order valence-corrected chi connectivity index (χ0v) is 17.5. The number of nitrogens with zero attached hydrogens (tertiary/aromatic N) is 4. The summed E-state index contributed by atoms with van der Waals surface area (Å²) < 4.78 is 13.3. The highest BCUT2D eigenvalue weighted by molar-refractivity contribution is 6.03. The van der Waals surface area contributed by atoms with Crippen LogP contribution in [0.3, 0.4) is 0 Å². The van der Waals surface area contributed by atoms with Crippen molar-refractivity contribution in [1.29, 1.82) is 0 Å². The van der Waals surface area contributed by atoms with Gasteiger partial charge in [0.1, 0.15) is 12.4 Å². The number of nitro benzene ring substituents is 1. The molecule has 0 saturated carbocycles. The second-order valence-electron chi connectivity index (χ2n) is 7.71. The predicted molar refractivity (Wildman–Crippen MR) is 113 cm³/mol. The van der Waals surface area contributed by atoms with Crippen LogP contribution in [0.5, 0.6) is 0 Å². The SMILES string of the molecule is CC(C)C(=O)N(C)CC(=O)N1N=C(c2ccc(F)cc2)C[C@H]1c1cccc([N+](=O)[O-])c1. The second kappa shape index (κ2) is 9.03. The number of carbonyl (C=O) groups excluding carboxylic acids is 2. The van der Waals surface area contributed by atoms with E-state index in [9.17, 15) is 24.1 Å². The summed E-state index contributed by atoms with van der Waals surface area (Å²) in [6.07, 6.45) is 0.306. The van der Waals surface area contributed by atoms with Crippen molar-refractivity contribution in [3.05, 3.63) is 75.6 Å². The van der Waals surface area contributed by atoms with Crippen molar-refractivity contribution in [2.24, 2.45) is 11.0 Å². The Morgan fingerprint density at radius 2 is 1.94 bits per heavy atom. The Morgan fingerprint density at radius 3 is 2.55 bits per heavy atom. The zero-order chi connectivity index (χ0) is 22.7. The van der Waals surface area contributed by atoms with Gasteiger partial charge in [-0.25, -0.2) is 9.40 Å². The summed E-state index contributed by atoms with van der Waals surface area (Å²) in [5.41, 5.74) is 1.68. The molecule has 0 spiro atoms. The minimum Gasteiger partial charge on any atom is -0.336 e. The van der Waals surface area contributed by atoms with Crippen LogP contribution in [0, 0.1) is 21.8 Å². The molecule has 0 bridgehead atoms. The standard InChI is InChI=1S/C22H23FN4O4/c1-14(2)22(29)25(3)13-21(28)26-20(16-5-4-6-18(11-16)27(30)31)12-19(24-26)15-7-9-17(23)10-8-15/h4-11,14,20H,12-13H2,1-3H3/t20-/m0/s1. The molecule has 2 aromatic carbocycles. The third kappa shape index (κ3) is 4.93. The molecule has 9 heteroatoms. The van der Waals surface area contributed by atoms with Gasteiger partial charge in [0, 0.05) is 31.5 Å². The van der Waals surface area contributed by atoms with Crippen molar-refractivity contribution in [3.8, 4) is 0 Å². The normalized spacial score (nSPS) is 15.7. The van der Waals surface area contributed by atoms with Gasteiger partial charge >= 0.3 is 0 Å². The molecule has 0 saturated heterocycles. The predicted octanol–water partition coefficient (Wildman–Crippen LogP) is 3.53. The van der Waals surface area contributed by atoms with Crippen LogP contribution in [0.1, 0.15) is 37.4 Å². The van der Waals surface area contributed by atoms with E-state index in [1.807, 2.05) is 0 Å². The van der Waals surface area contributed by atoms with E-state index in [0.717, 1.165) is 0 Å². The van der Waals surface area contributed by atoms with Gasteiger partial charge in [-0.1, -0.05) is 38.1 Å². The number of nitro groups is 1. The molecule has 2 amide bonds. The smallest absolute Gasteiger partial charge is 0.269 e. The first kappa shape index (κ1) is 22.1. The molecule has 162 valence electrons. The minimum absolute atomic E-state index is 0.0905. The van der Waals surface area contributed by atoms with Crippen molar-refractivity contribution in [3.63, 3.8) is 0 Å². The van der Waals surface area contributed by atoms with Crippen LogP contribution < -0.4 is 0 Å². The molecule has 0 unspecified atom stereocenters. The lowest BCUT2D eigenvalue weighted by Crippen LogP contribution is -2.40. The minimum atomic E-state index is -0.574. The average Bonchev–Trinajstić information content (AvgIpc) is 3.19. The lowest BCUT2D eigenvalue weighted by Gasteiger charge is -2.25. The van der Waals surface area contributed by atoms with Crippen molar-refractivity contribution in [2.75, 3.05) is 13.6 Å². The molecule has 1 heterocycles. The lowest BCUT2D eigenvalue weighted by atomic mass is 9.98. The lowest BCUT2D eigenvalue weighted by molar-refractivity contribution is -0.385. The Balaban J connectivity index is 1.94. The van der Waals surface area contributed by atoms with Crippen LogP contribution in [0.15, 0.2) is 53.6 Å². The Morgan fingerprint density at radius 1 is 1.26 bits per heavy atom. The second-order valence-corrected chi connectivity index (χ2v) is 7.71. The summed E-state index contributed by atoms with van der Waals surface area (Å²) in [6.45, 7) is 3.31. The highest BCUT2D eigenvalue weighted by Crippen LogP contribution is 2.34. The van der Waals surface area contributed by atoms with E-state index in [-0.39, 0.29) is 29.9 Å². The summed E-state index contributed by atoms with van der Waals surface area (Å²) in [5.74, 6) is -1.24. The van der Waals surface area contributed by atoms with E-state index in [1.54, 1.807) is 45.2 Å². The number of non-ortho nitro benzene ring substituents is 1. The average molecular weight is 426 g/mol. The van der Waals surface area contributed by atoms with E-state index in [0.29, 0.717) is 23.3 Å². The Kier molecular flexibility index (Phi) is 6.43. The van der Waals surface area contributed by atoms with Gasteiger partial charge in [0.2, 0.25) is 5.91 Å². The number of hydrogen-bond donors (Lipinski definition) is 0. The molecule has 0 aliphatic carbocycles. The van der Waals surface area contributed by atoms with Crippen molar-refractivity contribution in [2.45, 2.75) is 26.3 Å². The van der Waals surface area contributed by atoms with E-state index in [4.69, 9.17) is 0 Å². The maximum atomic E-state index is 13.3. The van der Waals surface area contributed by atoms with Crippen molar-refractivity contribution >= 4 is 23.2 Å². The summed E-state index contributed by atoms with van der Waals surface area (Å²) in [4.78, 5) is 37.3. The first-order valence-corrected chi connectivity index (χ1v) is 9.82. The number of benzene rings is 2. The summed E-state index contributed by atoms with van der Waals surface area (Å²) in [7, 11) is 1.54. The molecule has 1 atom stereocenters. The largest absolute Gasteiger partial charge is 0.336 e. The van der Waals surface area contributed by atoms with Crippen molar-refractivity contribution < 1.29 is 18.9 Å². The maximum absolute atomic E-state index is 13.3. The molecule has 0 N–H and O–H groups in total. The molecule has 1 aliphatic heterocycles. The Bertz CT molecular complexity index is 1040. The highest BCUT2D eigenvalue weighted by atomic mass is 19.1. The van der Waals surface area contributed by atoms with Crippen LogP contribution >= 0.6 is 0 Å².